The monoisotopic (exact) mass is 506 g/mol. The van der Waals surface area contributed by atoms with Crippen LogP contribution in [0.1, 0.15) is 21.5 Å². The van der Waals surface area contributed by atoms with Crippen LogP contribution in [0.5, 0.6) is 0 Å². The Kier molecular flexibility index (Phi) is 7.32. The van der Waals surface area contributed by atoms with E-state index in [1.807, 2.05) is 42.5 Å². The molecule has 4 aromatic carbocycles. The van der Waals surface area contributed by atoms with Crippen molar-refractivity contribution in [3.8, 4) is 11.1 Å². The van der Waals surface area contributed by atoms with Crippen LogP contribution in [0.25, 0.3) is 17.2 Å². The van der Waals surface area contributed by atoms with Crippen molar-refractivity contribution in [2.24, 2.45) is 0 Å². The predicted octanol–water partition coefficient (Wildman–Crippen LogP) is 7.50. The summed E-state index contributed by atoms with van der Waals surface area (Å²) in [6, 6.07) is 29.9. The minimum Gasteiger partial charge on any atom is -0.288 e. The molecule has 0 fully saturated rings. The topological polar surface area (TPSA) is 51.2 Å². The third-order valence-electron chi connectivity index (χ3n) is 5.25. The van der Waals surface area contributed by atoms with E-state index in [4.69, 9.17) is 23.2 Å². The SMILES string of the molecule is O=C(/C(=C/c1ccc(-c2ccccc2)cc1)S(=O)(=O)Cc1ccc(Cl)cc1)c1ccc(Cl)cc1. The Balaban J connectivity index is 1.73. The van der Waals surface area contributed by atoms with Crippen LogP contribution in [0.3, 0.4) is 0 Å². The lowest BCUT2D eigenvalue weighted by molar-refractivity contribution is 0.104. The maximum absolute atomic E-state index is 13.4. The molecule has 4 aromatic rings. The van der Waals surface area contributed by atoms with E-state index in [1.54, 1.807) is 48.5 Å². The lowest BCUT2D eigenvalue weighted by Crippen LogP contribution is -2.16. The number of sulfone groups is 1. The minimum atomic E-state index is -3.97. The highest BCUT2D eigenvalue weighted by Gasteiger charge is 2.26. The number of hydrogen-bond acceptors (Lipinski definition) is 3. The number of hydrogen-bond donors (Lipinski definition) is 0. The van der Waals surface area contributed by atoms with E-state index in [-0.39, 0.29) is 16.2 Å². The first-order valence-electron chi connectivity index (χ1n) is 10.5. The van der Waals surface area contributed by atoms with Crippen molar-refractivity contribution in [2.75, 3.05) is 0 Å². The van der Waals surface area contributed by atoms with Gasteiger partial charge in [-0.2, -0.15) is 0 Å². The summed E-state index contributed by atoms with van der Waals surface area (Å²) in [4.78, 5) is 13.0. The van der Waals surface area contributed by atoms with Gasteiger partial charge in [0.1, 0.15) is 4.91 Å². The largest absolute Gasteiger partial charge is 0.288 e. The van der Waals surface area contributed by atoms with Gasteiger partial charge < -0.3 is 0 Å². The summed E-state index contributed by atoms with van der Waals surface area (Å²) in [5.74, 6) is -0.907. The van der Waals surface area contributed by atoms with Crippen LogP contribution in [0.15, 0.2) is 108 Å². The van der Waals surface area contributed by atoms with Gasteiger partial charge in [0.05, 0.1) is 5.75 Å². The summed E-state index contributed by atoms with van der Waals surface area (Å²) in [6.07, 6.45) is 1.43. The highest BCUT2D eigenvalue weighted by Crippen LogP contribution is 2.25. The Hall–Kier alpha value is -3.18. The Labute approximate surface area is 209 Å². The number of Topliss-reactive ketones (excluding diaryl/α,β-unsaturated/α-hetero) is 1. The highest BCUT2D eigenvalue weighted by molar-refractivity contribution is 7.95. The third-order valence-corrected chi connectivity index (χ3v) is 7.44. The molecule has 3 nitrogen and oxygen atoms in total. The number of benzene rings is 4. The van der Waals surface area contributed by atoms with Crippen molar-refractivity contribution in [3.63, 3.8) is 0 Å². The van der Waals surface area contributed by atoms with Crippen LogP contribution in [0.4, 0.5) is 0 Å². The Bertz CT molecular complexity index is 1420. The summed E-state index contributed by atoms with van der Waals surface area (Å²) in [5, 5.41) is 0.968. The van der Waals surface area contributed by atoms with Gasteiger partial charge in [0.25, 0.3) is 0 Å². The zero-order valence-corrected chi connectivity index (χ0v) is 20.3. The summed E-state index contributed by atoms with van der Waals surface area (Å²) >= 11 is 11.9. The standard InChI is InChI=1S/C28H20Cl2O3S/c29-25-14-8-21(9-15-25)19-34(32,33)27(28(31)24-12-16-26(30)17-13-24)18-20-6-10-23(11-7-20)22-4-2-1-3-5-22/h1-18H,19H2/b27-18-. The van der Waals surface area contributed by atoms with Crippen molar-refractivity contribution < 1.29 is 13.2 Å². The average Bonchev–Trinajstić information content (AvgIpc) is 2.85. The molecule has 0 bridgehead atoms. The maximum Gasteiger partial charge on any atom is 0.204 e. The molecule has 0 heterocycles. The van der Waals surface area contributed by atoms with E-state index in [0.717, 1.165) is 11.1 Å². The van der Waals surface area contributed by atoms with Gasteiger partial charge in [0.2, 0.25) is 5.78 Å². The van der Waals surface area contributed by atoms with Gasteiger partial charge in [-0.15, -0.1) is 0 Å². The number of ketones is 1. The molecule has 0 unspecified atom stereocenters. The van der Waals surface area contributed by atoms with Gasteiger partial charge in [0, 0.05) is 15.6 Å². The van der Waals surface area contributed by atoms with Gasteiger partial charge in [-0.25, -0.2) is 8.42 Å². The first-order valence-corrected chi connectivity index (χ1v) is 12.9. The molecule has 0 atom stereocenters. The summed E-state index contributed by atoms with van der Waals surface area (Å²) < 4.78 is 26.8. The fraction of sp³-hybridized carbons (Fsp3) is 0.0357. The van der Waals surface area contributed by atoms with Gasteiger partial charge in [-0.05, 0) is 64.7 Å². The minimum absolute atomic E-state index is 0.247. The lowest BCUT2D eigenvalue weighted by Gasteiger charge is -2.10. The van der Waals surface area contributed by atoms with Crippen molar-refractivity contribution in [2.45, 2.75) is 5.75 Å². The summed E-state index contributed by atoms with van der Waals surface area (Å²) in [7, 11) is -3.97. The Morgan fingerprint density at radius 1 is 0.676 bits per heavy atom. The molecule has 4 rings (SSSR count). The summed E-state index contributed by atoms with van der Waals surface area (Å²) in [6.45, 7) is 0. The number of halogens is 2. The van der Waals surface area contributed by atoms with E-state index < -0.39 is 15.6 Å². The molecule has 34 heavy (non-hydrogen) atoms. The molecule has 0 N–H and O–H groups in total. The molecule has 0 saturated carbocycles. The molecular weight excluding hydrogens is 487 g/mol. The first-order chi connectivity index (χ1) is 16.3. The normalized spacial score (nSPS) is 11.9. The number of rotatable bonds is 7. The molecule has 0 radical (unpaired) electrons. The van der Waals surface area contributed by atoms with Crippen LogP contribution >= 0.6 is 23.2 Å². The van der Waals surface area contributed by atoms with Gasteiger partial charge in [0.15, 0.2) is 9.84 Å². The van der Waals surface area contributed by atoms with E-state index >= 15 is 0 Å². The quantitative estimate of drug-likeness (QED) is 0.192. The molecule has 0 amide bonds. The van der Waals surface area contributed by atoms with E-state index in [1.165, 1.54) is 18.2 Å². The fourth-order valence-corrected chi connectivity index (χ4v) is 5.23. The fourth-order valence-electron chi connectivity index (χ4n) is 3.47. The average molecular weight is 507 g/mol. The number of allylic oxidation sites excluding steroid dienone is 1. The molecule has 0 saturated heterocycles. The molecule has 6 heteroatoms. The Morgan fingerprint density at radius 2 is 1.21 bits per heavy atom. The van der Waals surface area contributed by atoms with Crippen LogP contribution in [-0.2, 0) is 15.6 Å². The number of carbonyl (C=O) groups excluding carboxylic acids is 1. The lowest BCUT2D eigenvalue weighted by atomic mass is 10.0. The van der Waals surface area contributed by atoms with E-state index in [0.29, 0.717) is 21.2 Å². The summed E-state index contributed by atoms with van der Waals surface area (Å²) in [5.41, 5.74) is 3.43. The number of carbonyl (C=O) groups is 1. The first kappa shape index (κ1) is 24.0. The molecule has 0 aliphatic heterocycles. The molecule has 170 valence electrons. The molecule has 0 aliphatic rings. The van der Waals surface area contributed by atoms with Crippen LogP contribution < -0.4 is 0 Å². The molecule has 0 aromatic heterocycles. The Morgan fingerprint density at radius 3 is 1.79 bits per heavy atom. The third kappa shape index (κ3) is 5.84. The highest BCUT2D eigenvalue weighted by atomic mass is 35.5. The van der Waals surface area contributed by atoms with Gasteiger partial charge in [-0.1, -0.05) is 89.9 Å². The van der Waals surface area contributed by atoms with Gasteiger partial charge in [-0.3, -0.25) is 4.79 Å². The predicted molar refractivity (Wildman–Crippen MR) is 140 cm³/mol. The zero-order valence-electron chi connectivity index (χ0n) is 18.0. The van der Waals surface area contributed by atoms with Crippen molar-refractivity contribution in [1.82, 2.24) is 0 Å². The van der Waals surface area contributed by atoms with Crippen molar-refractivity contribution in [3.05, 3.63) is 135 Å². The van der Waals surface area contributed by atoms with E-state index in [2.05, 4.69) is 0 Å². The van der Waals surface area contributed by atoms with Crippen molar-refractivity contribution >= 4 is 44.9 Å². The van der Waals surface area contributed by atoms with E-state index in [9.17, 15) is 13.2 Å². The van der Waals surface area contributed by atoms with Gasteiger partial charge >= 0.3 is 0 Å². The second-order valence-electron chi connectivity index (χ2n) is 7.72. The molecular formula is C28H20Cl2O3S. The maximum atomic E-state index is 13.4. The second-order valence-corrected chi connectivity index (χ2v) is 10.5. The molecule has 0 spiro atoms. The van der Waals surface area contributed by atoms with Crippen LogP contribution in [0, 0.1) is 0 Å². The zero-order chi connectivity index (χ0) is 24.1. The second kappa shape index (κ2) is 10.4. The van der Waals surface area contributed by atoms with Crippen molar-refractivity contribution in [1.29, 1.82) is 0 Å². The smallest absolute Gasteiger partial charge is 0.204 e. The van der Waals surface area contributed by atoms with Crippen LogP contribution in [-0.4, -0.2) is 14.2 Å². The van der Waals surface area contributed by atoms with Crippen LogP contribution in [0.2, 0.25) is 10.0 Å². The molecule has 0 aliphatic carbocycles.